The van der Waals surface area contributed by atoms with E-state index in [9.17, 15) is 4.79 Å². The minimum absolute atomic E-state index is 0.103. The number of rotatable bonds is 3. The van der Waals surface area contributed by atoms with Crippen molar-refractivity contribution in [3.8, 4) is 0 Å². The fraction of sp³-hybridized carbons (Fsp3) is 0.500. The highest BCUT2D eigenvalue weighted by molar-refractivity contribution is 4.94. The summed E-state index contributed by atoms with van der Waals surface area (Å²) in [7, 11) is 0. The van der Waals surface area contributed by atoms with Crippen LogP contribution in [0.25, 0.3) is 0 Å². The largest absolute Gasteiger partial charge is 0.313 e. The molecule has 66 valence electrons. The summed E-state index contributed by atoms with van der Waals surface area (Å²) in [6.45, 7) is 4.21. The highest BCUT2D eigenvalue weighted by atomic mass is 16.1. The summed E-state index contributed by atoms with van der Waals surface area (Å²) in [6, 6.07) is 5.65. The Balaban J connectivity index is 3.00. The fourth-order valence-electron chi connectivity index (χ4n) is 1.42. The van der Waals surface area contributed by atoms with Gasteiger partial charge in [-0.15, -0.1) is 0 Å². The number of aromatic nitrogens is 1. The van der Waals surface area contributed by atoms with Crippen molar-refractivity contribution in [2.45, 2.75) is 32.7 Å². The van der Waals surface area contributed by atoms with Crippen LogP contribution >= 0.6 is 0 Å². The van der Waals surface area contributed by atoms with Crippen LogP contribution in [-0.4, -0.2) is 4.57 Å². The van der Waals surface area contributed by atoms with Gasteiger partial charge < -0.3 is 4.57 Å². The molecular formula is C10H15NO. The lowest BCUT2D eigenvalue weighted by Gasteiger charge is -2.14. The number of nitrogens with zero attached hydrogens (tertiary/aromatic N) is 1. The van der Waals surface area contributed by atoms with Crippen LogP contribution in [-0.2, 0) is 0 Å². The molecule has 0 fully saturated rings. The van der Waals surface area contributed by atoms with Crippen LogP contribution in [0.1, 0.15) is 32.7 Å². The number of hydrogen-bond acceptors (Lipinski definition) is 1. The smallest absolute Gasteiger partial charge is 0.250 e. The van der Waals surface area contributed by atoms with Gasteiger partial charge >= 0.3 is 0 Å². The maximum Gasteiger partial charge on any atom is 0.250 e. The lowest BCUT2D eigenvalue weighted by Crippen LogP contribution is -2.22. The second kappa shape index (κ2) is 4.10. The summed E-state index contributed by atoms with van der Waals surface area (Å²) in [5.41, 5.74) is 0.103. The van der Waals surface area contributed by atoms with Crippen molar-refractivity contribution in [3.63, 3.8) is 0 Å². The molecule has 0 atom stereocenters. The van der Waals surface area contributed by atoms with E-state index in [1.54, 1.807) is 16.7 Å². The van der Waals surface area contributed by atoms with Crippen LogP contribution in [0.5, 0.6) is 0 Å². The van der Waals surface area contributed by atoms with E-state index in [0.29, 0.717) is 6.04 Å². The molecule has 0 saturated carbocycles. The third-order valence-electron chi connectivity index (χ3n) is 2.19. The molecule has 0 N–H and O–H groups in total. The maximum absolute atomic E-state index is 11.3. The Morgan fingerprint density at radius 1 is 1.33 bits per heavy atom. The Morgan fingerprint density at radius 2 is 2.00 bits per heavy atom. The van der Waals surface area contributed by atoms with Gasteiger partial charge in [0.1, 0.15) is 0 Å². The van der Waals surface area contributed by atoms with Crippen LogP contribution in [0, 0.1) is 0 Å². The van der Waals surface area contributed by atoms with Crippen molar-refractivity contribution in [1.82, 2.24) is 4.57 Å². The van der Waals surface area contributed by atoms with Gasteiger partial charge in [0.25, 0.3) is 5.56 Å². The second-order valence-corrected chi connectivity index (χ2v) is 2.92. The third kappa shape index (κ3) is 1.76. The monoisotopic (exact) mass is 165 g/mol. The van der Waals surface area contributed by atoms with E-state index in [1.807, 2.05) is 12.3 Å². The van der Waals surface area contributed by atoms with E-state index >= 15 is 0 Å². The summed E-state index contributed by atoms with van der Waals surface area (Å²) >= 11 is 0. The lowest BCUT2D eigenvalue weighted by atomic mass is 10.1. The molecule has 0 spiro atoms. The predicted molar refractivity (Wildman–Crippen MR) is 50.3 cm³/mol. The first-order valence-electron chi connectivity index (χ1n) is 4.46. The molecule has 1 heterocycles. The third-order valence-corrected chi connectivity index (χ3v) is 2.19. The summed E-state index contributed by atoms with van der Waals surface area (Å²) in [5, 5.41) is 0. The quantitative estimate of drug-likeness (QED) is 0.673. The van der Waals surface area contributed by atoms with Gasteiger partial charge in [0.2, 0.25) is 0 Å². The molecule has 2 heteroatoms. The summed E-state index contributed by atoms with van der Waals surface area (Å²) < 4.78 is 1.81. The second-order valence-electron chi connectivity index (χ2n) is 2.92. The van der Waals surface area contributed by atoms with E-state index in [2.05, 4.69) is 13.8 Å². The summed E-state index contributed by atoms with van der Waals surface area (Å²) in [4.78, 5) is 11.3. The van der Waals surface area contributed by atoms with Crippen molar-refractivity contribution in [3.05, 3.63) is 34.7 Å². The Morgan fingerprint density at radius 3 is 2.50 bits per heavy atom. The van der Waals surface area contributed by atoms with Gasteiger partial charge in [-0.3, -0.25) is 4.79 Å². The van der Waals surface area contributed by atoms with Crippen molar-refractivity contribution in [2.75, 3.05) is 0 Å². The molecule has 0 aliphatic carbocycles. The molecule has 0 radical (unpaired) electrons. The Kier molecular flexibility index (Phi) is 3.09. The molecule has 2 nitrogen and oxygen atoms in total. The average molecular weight is 165 g/mol. The first kappa shape index (κ1) is 9.04. The van der Waals surface area contributed by atoms with Crippen LogP contribution in [0.2, 0.25) is 0 Å². The van der Waals surface area contributed by atoms with Gasteiger partial charge in [0, 0.05) is 18.3 Å². The molecule has 1 aromatic heterocycles. The van der Waals surface area contributed by atoms with Crippen molar-refractivity contribution in [1.29, 1.82) is 0 Å². The molecule has 1 aromatic rings. The highest BCUT2D eigenvalue weighted by Crippen LogP contribution is 2.11. The van der Waals surface area contributed by atoms with Gasteiger partial charge in [-0.2, -0.15) is 0 Å². The van der Waals surface area contributed by atoms with Gasteiger partial charge in [-0.25, -0.2) is 0 Å². The van der Waals surface area contributed by atoms with Crippen LogP contribution in [0.3, 0.4) is 0 Å². The Labute approximate surface area is 72.8 Å². The van der Waals surface area contributed by atoms with E-state index in [0.717, 1.165) is 12.8 Å². The average Bonchev–Trinajstić information content (AvgIpc) is 2.10. The minimum atomic E-state index is 0.103. The molecule has 0 bridgehead atoms. The molecule has 0 aliphatic rings. The Bertz CT molecular complexity index is 286. The van der Waals surface area contributed by atoms with Crippen molar-refractivity contribution < 1.29 is 0 Å². The fourth-order valence-corrected chi connectivity index (χ4v) is 1.42. The SMILES string of the molecule is CCC(CC)n1ccccc1=O. The predicted octanol–water partition coefficient (Wildman–Crippen LogP) is 2.21. The van der Waals surface area contributed by atoms with Gasteiger partial charge in [-0.05, 0) is 18.9 Å². The number of hydrogen-bond donors (Lipinski definition) is 0. The summed E-state index contributed by atoms with van der Waals surface area (Å²) in [6.07, 6.45) is 3.89. The van der Waals surface area contributed by atoms with Crippen LogP contribution in [0.4, 0.5) is 0 Å². The molecule has 0 aliphatic heterocycles. The van der Waals surface area contributed by atoms with Crippen molar-refractivity contribution in [2.24, 2.45) is 0 Å². The van der Waals surface area contributed by atoms with E-state index in [-0.39, 0.29) is 5.56 Å². The molecule has 0 amide bonds. The lowest BCUT2D eigenvalue weighted by molar-refractivity contribution is 0.458. The Hall–Kier alpha value is -1.05. The topological polar surface area (TPSA) is 22.0 Å². The van der Waals surface area contributed by atoms with E-state index in [4.69, 9.17) is 0 Å². The molecule has 0 unspecified atom stereocenters. The van der Waals surface area contributed by atoms with Gasteiger partial charge in [0.15, 0.2) is 0 Å². The number of pyridine rings is 1. The van der Waals surface area contributed by atoms with E-state index < -0.39 is 0 Å². The van der Waals surface area contributed by atoms with Crippen LogP contribution in [0.15, 0.2) is 29.2 Å². The van der Waals surface area contributed by atoms with Crippen molar-refractivity contribution >= 4 is 0 Å². The molecule has 0 saturated heterocycles. The zero-order valence-corrected chi connectivity index (χ0v) is 7.66. The summed E-state index contributed by atoms with van der Waals surface area (Å²) in [5.74, 6) is 0. The first-order chi connectivity index (χ1) is 5.79. The highest BCUT2D eigenvalue weighted by Gasteiger charge is 2.05. The van der Waals surface area contributed by atoms with Gasteiger partial charge in [0.05, 0.1) is 0 Å². The van der Waals surface area contributed by atoms with Crippen LogP contribution < -0.4 is 5.56 Å². The normalized spacial score (nSPS) is 10.6. The van der Waals surface area contributed by atoms with Gasteiger partial charge in [-0.1, -0.05) is 19.9 Å². The first-order valence-corrected chi connectivity index (χ1v) is 4.46. The zero-order chi connectivity index (χ0) is 8.97. The maximum atomic E-state index is 11.3. The standard InChI is InChI=1S/C10H15NO/c1-3-9(4-2)11-8-6-5-7-10(11)12/h5-9H,3-4H2,1-2H3. The minimum Gasteiger partial charge on any atom is -0.313 e. The molecular weight excluding hydrogens is 150 g/mol. The zero-order valence-electron chi connectivity index (χ0n) is 7.66. The molecule has 1 rings (SSSR count). The molecule has 0 aromatic carbocycles. The molecule has 12 heavy (non-hydrogen) atoms. The van der Waals surface area contributed by atoms with E-state index in [1.165, 1.54) is 0 Å².